The summed E-state index contributed by atoms with van der Waals surface area (Å²) in [5, 5.41) is 2.66. The topological polar surface area (TPSA) is 104 Å². The number of esters is 2. The molecule has 9 heteroatoms. The van der Waals surface area contributed by atoms with Gasteiger partial charge < -0.3 is 19.5 Å². The van der Waals surface area contributed by atoms with Gasteiger partial charge in [0.15, 0.2) is 11.4 Å². The molecule has 8 nitrogen and oxygen atoms in total. The third kappa shape index (κ3) is 7.02. The zero-order valence-corrected chi connectivity index (χ0v) is 22.0. The van der Waals surface area contributed by atoms with Crippen molar-refractivity contribution in [2.45, 2.75) is 66.5 Å². The van der Waals surface area contributed by atoms with Crippen molar-refractivity contribution in [3.63, 3.8) is 0 Å². The van der Waals surface area contributed by atoms with E-state index in [1.807, 2.05) is 20.8 Å². The Bertz CT molecular complexity index is 1100. The minimum absolute atomic E-state index is 0.0938. The van der Waals surface area contributed by atoms with Gasteiger partial charge >= 0.3 is 11.9 Å². The number of aryl methyl sites for hydroxylation is 1. The SMILES string of the molecule is COc1ccnc(C(=O)N[C@H](C(=O)O[C@@H](C)[C@H](c2ccc(F)cc2C)C(C)C)C(C)C)c1OC(C)=O. The minimum Gasteiger partial charge on any atom is -0.493 e. The highest BCUT2D eigenvalue weighted by molar-refractivity contribution is 5.98. The van der Waals surface area contributed by atoms with Gasteiger partial charge in [-0.05, 0) is 48.9 Å². The van der Waals surface area contributed by atoms with Gasteiger partial charge in [-0.2, -0.15) is 0 Å². The van der Waals surface area contributed by atoms with Gasteiger partial charge in [-0.15, -0.1) is 0 Å². The molecule has 0 fully saturated rings. The number of rotatable bonds is 10. The molecule has 1 amide bonds. The number of carbonyl (C=O) groups is 3. The monoisotopic (exact) mass is 502 g/mol. The Hall–Kier alpha value is -3.49. The highest BCUT2D eigenvalue weighted by Crippen LogP contribution is 2.33. The smallest absolute Gasteiger partial charge is 0.329 e. The van der Waals surface area contributed by atoms with Crippen LogP contribution in [0.2, 0.25) is 0 Å². The average molecular weight is 503 g/mol. The Kier molecular flexibility index (Phi) is 9.95. The van der Waals surface area contributed by atoms with Crippen LogP contribution in [0.15, 0.2) is 30.5 Å². The Morgan fingerprint density at radius 2 is 1.69 bits per heavy atom. The summed E-state index contributed by atoms with van der Waals surface area (Å²) in [6.07, 6.45) is 0.787. The molecule has 0 radical (unpaired) electrons. The number of nitrogens with zero attached hydrogens (tertiary/aromatic N) is 1. The number of nitrogens with one attached hydrogen (secondary N) is 1. The first kappa shape index (κ1) is 28.7. The average Bonchev–Trinajstić information content (AvgIpc) is 2.78. The van der Waals surface area contributed by atoms with Crippen LogP contribution >= 0.6 is 0 Å². The normalized spacial score (nSPS) is 13.6. The number of benzene rings is 1. The van der Waals surface area contributed by atoms with Gasteiger partial charge in [-0.1, -0.05) is 33.8 Å². The molecule has 0 unspecified atom stereocenters. The van der Waals surface area contributed by atoms with Crippen molar-refractivity contribution in [2.24, 2.45) is 11.8 Å². The van der Waals surface area contributed by atoms with E-state index in [1.165, 1.54) is 38.4 Å². The molecule has 3 atom stereocenters. The lowest BCUT2D eigenvalue weighted by molar-refractivity contribution is -0.153. The second-order valence-corrected chi connectivity index (χ2v) is 9.39. The molecule has 2 aromatic rings. The van der Waals surface area contributed by atoms with Crippen LogP contribution in [0.3, 0.4) is 0 Å². The number of hydrogen-bond acceptors (Lipinski definition) is 7. The van der Waals surface area contributed by atoms with Gasteiger partial charge in [0.05, 0.1) is 7.11 Å². The van der Waals surface area contributed by atoms with Gasteiger partial charge in [0.1, 0.15) is 18.0 Å². The summed E-state index contributed by atoms with van der Waals surface area (Å²) >= 11 is 0. The lowest BCUT2D eigenvalue weighted by Crippen LogP contribution is -2.47. The number of ether oxygens (including phenoxy) is 3. The maximum Gasteiger partial charge on any atom is 0.329 e. The predicted octanol–water partition coefficient (Wildman–Crippen LogP) is 4.59. The summed E-state index contributed by atoms with van der Waals surface area (Å²) in [5.74, 6) is -2.72. The molecule has 1 N–H and O–H groups in total. The second-order valence-electron chi connectivity index (χ2n) is 9.39. The molecule has 0 bridgehead atoms. The van der Waals surface area contributed by atoms with Gasteiger partial charge in [-0.3, -0.25) is 9.59 Å². The molecule has 196 valence electrons. The number of amides is 1. The van der Waals surface area contributed by atoms with Gasteiger partial charge in [0, 0.05) is 25.1 Å². The predicted molar refractivity (Wildman–Crippen MR) is 132 cm³/mol. The number of aromatic nitrogens is 1. The van der Waals surface area contributed by atoms with Crippen LogP contribution in [0.4, 0.5) is 4.39 Å². The van der Waals surface area contributed by atoms with Crippen LogP contribution in [0.1, 0.15) is 69.1 Å². The quantitative estimate of drug-likeness (QED) is 0.474. The van der Waals surface area contributed by atoms with Crippen molar-refractivity contribution in [1.29, 1.82) is 0 Å². The number of carbonyl (C=O) groups excluding carboxylic acids is 3. The first-order chi connectivity index (χ1) is 16.9. The summed E-state index contributed by atoms with van der Waals surface area (Å²) in [6.45, 7) is 12.3. The van der Waals surface area contributed by atoms with E-state index in [0.29, 0.717) is 0 Å². The van der Waals surface area contributed by atoms with Crippen molar-refractivity contribution in [3.8, 4) is 11.5 Å². The lowest BCUT2D eigenvalue weighted by Gasteiger charge is -2.31. The molecule has 0 saturated carbocycles. The standard InChI is InChI=1S/C27H35FN2O6/c1-14(2)22(20-10-9-19(28)13-16(20)5)17(6)35-27(33)23(15(3)4)30-26(32)24-25(36-18(7)31)21(34-8)11-12-29-24/h9-15,17,22-23H,1-8H3,(H,30,32)/t17-,22+,23-/m0/s1. The zero-order valence-electron chi connectivity index (χ0n) is 22.0. The van der Waals surface area contributed by atoms with Crippen molar-refractivity contribution in [1.82, 2.24) is 10.3 Å². The molecule has 0 aliphatic rings. The fraction of sp³-hybridized carbons (Fsp3) is 0.481. The lowest BCUT2D eigenvalue weighted by atomic mass is 9.82. The molecular formula is C27H35FN2O6. The molecule has 0 aliphatic carbocycles. The Morgan fingerprint density at radius 3 is 2.22 bits per heavy atom. The zero-order chi connectivity index (χ0) is 27.2. The van der Waals surface area contributed by atoms with Crippen molar-refractivity contribution >= 4 is 17.8 Å². The first-order valence-electron chi connectivity index (χ1n) is 11.9. The minimum atomic E-state index is -1.000. The molecular weight excluding hydrogens is 467 g/mol. The Morgan fingerprint density at radius 1 is 1.03 bits per heavy atom. The van der Waals surface area contributed by atoms with Crippen LogP contribution in [0, 0.1) is 24.6 Å². The molecule has 1 aromatic heterocycles. The van der Waals surface area contributed by atoms with Crippen molar-refractivity contribution in [2.75, 3.05) is 7.11 Å². The number of pyridine rings is 1. The van der Waals surface area contributed by atoms with Crippen LogP contribution < -0.4 is 14.8 Å². The fourth-order valence-electron chi connectivity index (χ4n) is 4.20. The van der Waals surface area contributed by atoms with Crippen LogP contribution in [0.25, 0.3) is 0 Å². The number of halogens is 1. The van der Waals surface area contributed by atoms with E-state index < -0.39 is 30.0 Å². The molecule has 2 rings (SSSR count). The van der Waals surface area contributed by atoms with E-state index in [-0.39, 0.29) is 40.8 Å². The van der Waals surface area contributed by atoms with Crippen LogP contribution in [0.5, 0.6) is 11.5 Å². The summed E-state index contributed by atoms with van der Waals surface area (Å²) in [7, 11) is 1.37. The number of hydrogen-bond donors (Lipinski definition) is 1. The van der Waals surface area contributed by atoms with Gasteiger partial charge in [0.25, 0.3) is 5.91 Å². The third-order valence-electron chi connectivity index (χ3n) is 5.87. The van der Waals surface area contributed by atoms with E-state index in [9.17, 15) is 18.8 Å². The summed E-state index contributed by atoms with van der Waals surface area (Å²) in [5.41, 5.74) is 1.47. The maximum absolute atomic E-state index is 13.7. The van der Waals surface area contributed by atoms with Crippen LogP contribution in [-0.4, -0.2) is 42.1 Å². The molecule has 0 spiro atoms. The number of methoxy groups -OCH3 is 1. The van der Waals surface area contributed by atoms with E-state index in [2.05, 4.69) is 10.3 Å². The molecule has 36 heavy (non-hydrogen) atoms. The fourth-order valence-corrected chi connectivity index (χ4v) is 4.20. The summed E-state index contributed by atoms with van der Waals surface area (Å²) < 4.78 is 29.8. The molecule has 1 heterocycles. The van der Waals surface area contributed by atoms with Crippen LogP contribution in [-0.2, 0) is 14.3 Å². The summed E-state index contributed by atoms with van der Waals surface area (Å²) in [6, 6.07) is 5.02. The van der Waals surface area contributed by atoms with E-state index in [0.717, 1.165) is 11.1 Å². The third-order valence-corrected chi connectivity index (χ3v) is 5.87. The van der Waals surface area contributed by atoms with Crippen molar-refractivity contribution in [3.05, 3.63) is 53.1 Å². The maximum atomic E-state index is 13.7. The second kappa shape index (κ2) is 12.5. The molecule has 1 aromatic carbocycles. The highest BCUT2D eigenvalue weighted by atomic mass is 19.1. The van der Waals surface area contributed by atoms with E-state index in [1.54, 1.807) is 26.8 Å². The highest BCUT2D eigenvalue weighted by Gasteiger charge is 2.33. The Labute approximate surface area is 211 Å². The molecule has 0 saturated heterocycles. The first-order valence-corrected chi connectivity index (χ1v) is 11.9. The largest absolute Gasteiger partial charge is 0.493 e. The van der Waals surface area contributed by atoms with Crippen molar-refractivity contribution < 1.29 is 33.0 Å². The van der Waals surface area contributed by atoms with Gasteiger partial charge in [-0.25, -0.2) is 14.2 Å². The molecule has 0 aliphatic heterocycles. The van der Waals surface area contributed by atoms with E-state index >= 15 is 0 Å². The summed E-state index contributed by atoms with van der Waals surface area (Å²) in [4.78, 5) is 41.9. The van der Waals surface area contributed by atoms with E-state index in [4.69, 9.17) is 14.2 Å². The Balaban J connectivity index is 2.28. The van der Waals surface area contributed by atoms with Gasteiger partial charge in [0.2, 0.25) is 5.75 Å².